The molecule has 1 fully saturated rings. The highest BCUT2D eigenvalue weighted by Crippen LogP contribution is 2.29. The van der Waals surface area contributed by atoms with Crippen LogP contribution in [0.25, 0.3) is 0 Å². The van der Waals surface area contributed by atoms with Gasteiger partial charge < -0.3 is 10.1 Å². The van der Waals surface area contributed by atoms with Crippen LogP contribution < -0.4 is 5.32 Å². The fourth-order valence-electron chi connectivity index (χ4n) is 3.31. The van der Waals surface area contributed by atoms with Crippen LogP contribution in [-0.4, -0.2) is 29.4 Å². The van der Waals surface area contributed by atoms with Gasteiger partial charge in [0.2, 0.25) is 0 Å². The number of nitrogens with one attached hydrogen (secondary N) is 1. The van der Waals surface area contributed by atoms with Crippen LogP contribution in [0.3, 0.4) is 0 Å². The number of carbonyl (C=O) groups excluding carboxylic acids is 2. The number of hydrogen-bond acceptors (Lipinski definition) is 5. The fraction of sp³-hybridized carbons (Fsp3) is 0.556. The summed E-state index contributed by atoms with van der Waals surface area (Å²) in [5.41, 5.74) is -0.0611. The van der Waals surface area contributed by atoms with Gasteiger partial charge in [-0.1, -0.05) is 38.8 Å². The van der Waals surface area contributed by atoms with E-state index in [1.54, 1.807) is 19.1 Å². The maximum absolute atomic E-state index is 12.1. The molecule has 0 heterocycles. The SMILES string of the molecule is Cc1cccc(C(=O)OCC(=O)N[C@H]2CCC[C@H](C)[C@@H]2C)c1[N+](=O)[O-]. The van der Waals surface area contributed by atoms with E-state index >= 15 is 0 Å². The van der Waals surface area contributed by atoms with Crippen molar-refractivity contribution in [1.29, 1.82) is 0 Å². The number of carbonyl (C=O) groups is 2. The maximum Gasteiger partial charge on any atom is 0.345 e. The van der Waals surface area contributed by atoms with Crippen molar-refractivity contribution >= 4 is 17.6 Å². The minimum Gasteiger partial charge on any atom is -0.452 e. The van der Waals surface area contributed by atoms with Crippen molar-refractivity contribution in [3.05, 3.63) is 39.4 Å². The third kappa shape index (κ3) is 4.55. The number of esters is 1. The molecule has 25 heavy (non-hydrogen) atoms. The average Bonchev–Trinajstić information content (AvgIpc) is 2.56. The van der Waals surface area contributed by atoms with Crippen molar-refractivity contribution in [2.75, 3.05) is 6.61 Å². The molecule has 0 radical (unpaired) electrons. The molecule has 1 N–H and O–H groups in total. The zero-order valence-electron chi connectivity index (χ0n) is 14.8. The average molecular weight is 348 g/mol. The molecule has 0 bridgehead atoms. The highest BCUT2D eigenvalue weighted by molar-refractivity contribution is 5.95. The van der Waals surface area contributed by atoms with Gasteiger partial charge >= 0.3 is 5.97 Å². The molecule has 3 atom stereocenters. The summed E-state index contributed by atoms with van der Waals surface area (Å²) in [6, 6.07) is 4.50. The Morgan fingerprint density at radius 3 is 2.72 bits per heavy atom. The summed E-state index contributed by atoms with van der Waals surface area (Å²) < 4.78 is 4.98. The number of aryl methyl sites for hydroxylation is 1. The van der Waals surface area contributed by atoms with E-state index < -0.39 is 17.5 Å². The van der Waals surface area contributed by atoms with E-state index in [2.05, 4.69) is 19.2 Å². The molecule has 0 aliphatic heterocycles. The highest BCUT2D eigenvalue weighted by Gasteiger charge is 2.29. The molecule has 1 amide bonds. The molecular formula is C18H24N2O5. The summed E-state index contributed by atoms with van der Waals surface area (Å²) in [4.78, 5) is 34.7. The Hall–Kier alpha value is -2.44. The lowest BCUT2D eigenvalue weighted by Gasteiger charge is -2.34. The molecule has 1 aliphatic carbocycles. The van der Waals surface area contributed by atoms with E-state index in [1.807, 2.05) is 0 Å². The van der Waals surface area contributed by atoms with Crippen molar-refractivity contribution in [3.8, 4) is 0 Å². The summed E-state index contributed by atoms with van der Waals surface area (Å²) in [5.74, 6) is -0.340. The molecular weight excluding hydrogens is 324 g/mol. The lowest BCUT2D eigenvalue weighted by atomic mass is 9.78. The summed E-state index contributed by atoms with van der Waals surface area (Å²) in [6.45, 7) is 5.38. The van der Waals surface area contributed by atoms with Crippen LogP contribution in [0.1, 0.15) is 49.0 Å². The number of nitro benzene ring substituents is 1. The van der Waals surface area contributed by atoms with Gasteiger partial charge in [-0.25, -0.2) is 4.79 Å². The van der Waals surface area contributed by atoms with Gasteiger partial charge in [0.05, 0.1) is 4.92 Å². The number of hydrogen-bond donors (Lipinski definition) is 1. The molecule has 7 heteroatoms. The van der Waals surface area contributed by atoms with E-state index in [0.29, 0.717) is 17.4 Å². The molecule has 2 rings (SSSR count). The molecule has 0 saturated heterocycles. The number of nitro groups is 1. The van der Waals surface area contributed by atoms with Crippen molar-refractivity contribution < 1.29 is 19.2 Å². The van der Waals surface area contributed by atoms with E-state index in [-0.39, 0.29) is 23.2 Å². The Kier molecular flexibility index (Phi) is 6.12. The maximum atomic E-state index is 12.1. The van der Waals surface area contributed by atoms with Gasteiger partial charge in [-0.15, -0.1) is 0 Å². The second kappa shape index (κ2) is 8.09. The minimum absolute atomic E-state index is 0.0725. The molecule has 136 valence electrons. The second-order valence-electron chi connectivity index (χ2n) is 6.75. The first kappa shape index (κ1) is 18.9. The lowest BCUT2D eigenvalue weighted by molar-refractivity contribution is -0.385. The highest BCUT2D eigenvalue weighted by atomic mass is 16.6. The standard InChI is InChI=1S/C18H24N2O5/c1-11-6-5-9-15(13(11)3)19-16(21)10-25-18(22)14-8-4-7-12(2)17(14)20(23)24/h4,7-8,11,13,15H,5-6,9-10H2,1-3H3,(H,19,21)/t11-,13-,15-/m0/s1. The van der Waals surface area contributed by atoms with Gasteiger partial charge in [-0.05, 0) is 31.2 Å². The smallest absolute Gasteiger partial charge is 0.345 e. The van der Waals surface area contributed by atoms with Crippen LogP contribution in [0.5, 0.6) is 0 Å². The molecule has 1 aromatic carbocycles. The van der Waals surface area contributed by atoms with E-state index in [9.17, 15) is 19.7 Å². The largest absolute Gasteiger partial charge is 0.452 e. The molecule has 0 spiro atoms. The molecule has 0 unspecified atom stereocenters. The predicted molar refractivity (Wildman–Crippen MR) is 92.2 cm³/mol. The van der Waals surface area contributed by atoms with Gasteiger partial charge in [0, 0.05) is 11.6 Å². The molecule has 1 aromatic rings. The van der Waals surface area contributed by atoms with Gasteiger partial charge in [-0.2, -0.15) is 0 Å². The molecule has 7 nitrogen and oxygen atoms in total. The first-order chi connectivity index (χ1) is 11.8. The zero-order valence-corrected chi connectivity index (χ0v) is 14.8. The third-order valence-electron chi connectivity index (χ3n) is 5.03. The van der Waals surface area contributed by atoms with Crippen molar-refractivity contribution in [3.63, 3.8) is 0 Å². The molecule has 1 aliphatic rings. The number of para-hydroxylation sites is 1. The Morgan fingerprint density at radius 1 is 1.32 bits per heavy atom. The van der Waals surface area contributed by atoms with Gasteiger partial charge in [-0.3, -0.25) is 14.9 Å². The third-order valence-corrected chi connectivity index (χ3v) is 5.03. The van der Waals surface area contributed by atoms with Crippen molar-refractivity contribution in [2.45, 2.75) is 46.1 Å². The van der Waals surface area contributed by atoms with Crippen LogP contribution in [0.15, 0.2) is 18.2 Å². The monoisotopic (exact) mass is 348 g/mol. The first-order valence-corrected chi connectivity index (χ1v) is 8.51. The topological polar surface area (TPSA) is 98.5 Å². The van der Waals surface area contributed by atoms with Crippen LogP contribution in [0.4, 0.5) is 5.69 Å². The molecule has 0 aromatic heterocycles. The Labute approximate surface area is 146 Å². The fourth-order valence-corrected chi connectivity index (χ4v) is 3.31. The van der Waals surface area contributed by atoms with E-state index in [4.69, 9.17) is 4.74 Å². The van der Waals surface area contributed by atoms with E-state index in [0.717, 1.165) is 19.3 Å². The number of rotatable bonds is 5. The van der Waals surface area contributed by atoms with Crippen LogP contribution in [0.2, 0.25) is 0 Å². The summed E-state index contributed by atoms with van der Waals surface area (Å²) >= 11 is 0. The Bertz CT molecular complexity index is 673. The summed E-state index contributed by atoms with van der Waals surface area (Å²) in [5, 5.41) is 14.0. The van der Waals surface area contributed by atoms with Crippen molar-refractivity contribution in [2.24, 2.45) is 11.8 Å². The van der Waals surface area contributed by atoms with Gasteiger partial charge in [0.15, 0.2) is 6.61 Å². The van der Waals surface area contributed by atoms with Crippen LogP contribution >= 0.6 is 0 Å². The second-order valence-corrected chi connectivity index (χ2v) is 6.75. The Balaban J connectivity index is 1.95. The number of nitrogens with zero attached hydrogens (tertiary/aromatic N) is 1. The summed E-state index contributed by atoms with van der Waals surface area (Å²) in [7, 11) is 0. The Morgan fingerprint density at radius 2 is 2.04 bits per heavy atom. The molecule has 1 saturated carbocycles. The van der Waals surface area contributed by atoms with E-state index in [1.165, 1.54) is 6.07 Å². The predicted octanol–water partition coefficient (Wildman–Crippen LogP) is 3.00. The summed E-state index contributed by atoms with van der Waals surface area (Å²) in [6.07, 6.45) is 3.12. The lowest BCUT2D eigenvalue weighted by Crippen LogP contribution is -2.45. The number of benzene rings is 1. The van der Waals surface area contributed by atoms with Crippen molar-refractivity contribution in [1.82, 2.24) is 5.32 Å². The van der Waals surface area contributed by atoms with Crippen LogP contribution in [0, 0.1) is 28.9 Å². The minimum atomic E-state index is -0.865. The first-order valence-electron chi connectivity index (χ1n) is 8.51. The van der Waals surface area contributed by atoms with Gasteiger partial charge in [0.1, 0.15) is 5.56 Å². The zero-order chi connectivity index (χ0) is 18.6. The van der Waals surface area contributed by atoms with Crippen LogP contribution in [-0.2, 0) is 9.53 Å². The van der Waals surface area contributed by atoms with Gasteiger partial charge in [0.25, 0.3) is 11.6 Å². The normalized spacial score (nSPS) is 22.9. The number of amides is 1. The number of ether oxygens (including phenoxy) is 1. The quantitative estimate of drug-likeness (QED) is 0.501.